The van der Waals surface area contributed by atoms with Crippen LogP contribution in [0.1, 0.15) is 13.8 Å². The summed E-state index contributed by atoms with van der Waals surface area (Å²) >= 11 is 0. The molecule has 0 saturated carbocycles. The van der Waals surface area contributed by atoms with Crippen molar-refractivity contribution >= 4 is 11.4 Å². The Labute approximate surface area is 103 Å². The molecule has 0 aliphatic heterocycles. The molecule has 0 aromatic heterocycles. The summed E-state index contributed by atoms with van der Waals surface area (Å²) in [6.45, 7) is 5.18. The number of nitrogens with zero attached hydrogens (tertiary/aromatic N) is 1. The van der Waals surface area contributed by atoms with Crippen molar-refractivity contribution in [3.8, 4) is 0 Å². The van der Waals surface area contributed by atoms with Crippen molar-refractivity contribution in [3.63, 3.8) is 0 Å². The summed E-state index contributed by atoms with van der Waals surface area (Å²) in [6, 6.07) is 4.82. The first-order valence-corrected chi connectivity index (χ1v) is 5.86. The normalized spacial score (nSPS) is 13.1. The molecule has 4 heteroatoms. The van der Waals surface area contributed by atoms with E-state index in [1.807, 2.05) is 14.1 Å². The van der Waals surface area contributed by atoms with Gasteiger partial charge in [-0.05, 0) is 38.2 Å². The van der Waals surface area contributed by atoms with Gasteiger partial charge in [0.05, 0.1) is 0 Å². The van der Waals surface area contributed by atoms with Crippen molar-refractivity contribution in [2.45, 2.75) is 19.9 Å². The van der Waals surface area contributed by atoms with E-state index in [0.29, 0.717) is 11.6 Å². The molecule has 0 fully saturated rings. The third-order valence-corrected chi connectivity index (χ3v) is 2.64. The van der Waals surface area contributed by atoms with Crippen molar-refractivity contribution in [3.05, 3.63) is 24.0 Å². The van der Waals surface area contributed by atoms with Gasteiger partial charge < -0.3 is 16.0 Å². The van der Waals surface area contributed by atoms with Crippen LogP contribution in [0.2, 0.25) is 0 Å². The molecule has 1 aromatic rings. The van der Waals surface area contributed by atoms with E-state index in [4.69, 9.17) is 5.73 Å². The van der Waals surface area contributed by atoms with Crippen molar-refractivity contribution in [2.75, 3.05) is 31.7 Å². The Balaban J connectivity index is 2.78. The van der Waals surface area contributed by atoms with Crippen molar-refractivity contribution in [2.24, 2.45) is 5.92 Å². The van der Waals surface area contributed by atoms with Crippen LogP contribution >= 0.6 is 0 Å². The van der Waals surface area contributed by atoms with Crippen LogP contribution in [-0.2, 0) is 0 Å². The van der Waals surface area contributed by atoms with Gasteiger partial charge in [-0.1, -0.05) is 13.8 Å². The van der Waals surface area contributed by atoms with Gasteiger partial charge in [0.2, 0.25) is 0 Å². The monoisotopic (exact) mass is 239 g/mol. The number of halogens is 1. The van der Waals surface area contributed by atoms with E-state index < -0.39 is 0 Å². The van der Waals surface area contributed by atoms with E-state index in [1.165, 1.54) is 12.1 Å². The minimum atomic E-state index is -0.306. The van der Waals surface area contributed by atoms with E-state index in [1.54, 1.807) is 6.07 Å². The minimum Gasteiger partial charge on any atom is -0.399 e. The van der Waals surface area contributed by atoms with Crippen LogP contribution in [0.5, 0.6) is 0 Å². The average Bonchev–Trinajstić information content (AvgIpc) is 2.13. The summed E-state index contributed by atoms with van der Waals surface area (Å²) in [5, 5.41) is 3.33. The average molecular weight is 239 g/mol. The molecule has 0 aliphatic carbocycles. The zero-order valence-corrected chi connectivity index (χ0v) is 11.0. The predicted molar refractivity (Wildman–Crippen MR) is 71.6 cm³/mol. The lowest BCUT2D eigenvalue weighted by Gasteiger charge is -2.26. The summed E-state index contributed by atoms with van der Waals surface area (Å²) in [5.74, 6) is 0.154. The lowest BCUT2D eigenvalue weighted by molar-refractivity contribution is 0.344. The Hall–Kier alpha value is -1.29. The molecule has 0 aliphatic rings. The number of rotatable bonds is 5. The molecule has 0 heterocycles. The smallest absolute Gasteiger partial charge is 0.127 e. The van der Waals surface area contributed by atoms with Gasteiger partial charge in [-0.25, -0.2) is 4.39 Å². The van der Waals surface area contributed by atoms with Gasteiger partial charge in [-0.3, -0.25) is 0 Å². The van der Waals surface area contributed by atoms with Crippen LogP contribution in [0.3, 0.4) is 0 Å². The fourth-order valence-corrected chi connectivity index (χ4v) is 1.73. The van der Waals surface area contributed by atoms with E-state index in [9.17, 15) is 4.39 Å². The summed E-state index contributed by atoms with van der Waals surface area (Å²) in [5.41, 5.74) is 6.81. The lowest BCUT2D eigenvalue weighted by Crippen LogP contribution is -2.36. The number of nitrogens with one attached hydrogen (secondary N) is 1. The van der Waals surface area contributed by atoms with Crippen LogP contribution in [0.15, 0.2) is 18.2 Å². The molecule has 17 heavy (non-hydrogen) atoms. The number of nitrogens with two attached hydrogens (primary N) is 1. The van der Waals surface area contributed by atoms with Gasteiger partial charge in [0, 0.05) is 24.0 Å². The lowest BCUT2D eigenvalue weighted by atomic mass is 10.0. The van der Waals surface area contributed by atoms with Gasteiger partial charge in [-0.15, -0.1) is 0 Å². The number of hydrogen-bond acceptors (Lipinski definition) is 3. The summed E-state index contributed by atoms with van der Waals surface area (Å²) < 4.78 is 13.2. The Bertz CT molecular complexity index is 343. The first-order valence-electron chi connectivity index (χ1n) is 5.86. The van der Waals surface area contributed by atoms with Gasteiger partial charge >= 0.3 is 0 Å². The maximum Gasteiger partial charge on any atom is 0.127 e. The van der Waals surface area contributed by atoms with Crippen LogP contribution in [0, 0.1) is 11.7 Å². The van der Waals surface area contributed by atoms with Gasteiger partial charge in [0.1, 0.15) is 5.82 Å². The second kappa shape index (κ2) is 5.87. The standard InChI is InChI=1S/C13H22FN3/c1-9(2)13(8-17(3)4)16-12-6-10(14)5-11(15)7-12/h5-7,9,13,16H,8,15H2,1-4H3. The van der Waals surface area contributed by atoms with Crippen LogP contribution in [-0.4, -0.2) is 31.6 Å². The predicted octanol–water partition coefficient (Wildman–Crippen LogP) is 2.41. The fraction of sp³-hybridized carbons (Fsp3) is 0.538. The molecule has 1 aromatic carbocycles. The summed E-state index contributed by atoms with van der Waals surface area (Å²) in [6.07, 6.45) is 0. The van der Waals surface area contributed by atoms with E-state index in [2.05, 4.69) is 24.1 Å². The van der Waals surface area contributed by atoms with Crippen LogP contribution in [0.25, 0.3) is 0 Å². The fourth-order valence-electron chi connectivity index (χ4n) is 1.73. The van der Waals surface area contributed by atoms with Gasteiger partial charge in [0.25, 0.3) is 0 Å². The van der Waals surface area contributed by atoms with Crippen LogP contribution < -0.4 is 11.1 Å². The van der Waals surface area contributed by atoms with Crippen molar-refractivity contribution in [1.29, 1.82) is 0 Å². The van der Waals surface area contributed by atoms with Crippen molar-refractivity contribution < 1.29 is 4.39 Å². The number of likely N-dealkylation sites (N-methyl/N-ethyl adjacent to an activating group) is 1. The molecule has 0 saturated heterocycles. The third kappa shape index (κ3) is 4.61. The molecule has 1 atom stereocenters. The zero-order valence-electron chi connectivity index (χ0n) is 11.0. The summed E-state index contributed by atoms with van der Waals surface area (Å²) in [7, 11) is 4.05. The summed E-state index contributed by atoms with van der Waals surface area (Å²) in [4.78, 5) is 2.11. The van der Waals surface area contributed by atoms with Crippen molar-refractivity contribution in [1.82, 2.24) is 4.90 Å². The highest BCUT2D eigenvalue weighted by Gasteiger charge is 2.14. The number of anilines is 2. The Kier molecular flexibility index (Phi) is 4.75. The molecule has 96 valence electrons. The second-order valence-electron chi connectivity index (χ2n) is 5.03. The Morgan fingerprint density at radius 1 is 1.29 bits per heavy atom. The highest BCUT2D eigenvalue weighted by Crippen LogP contribution is 2.18. The molecule has 1 rings (SSSR count). The molecule has 0 spiro atoms. The maximum absolute atomic E-state index is 13.2. The molecule has 0 amide bonds. The van der Waals surface area contributed by atoms with Gasteiger partial charge in [-0.2, -0.15) is 0 Å². The SMILES string of the molecule is CC(C)C(CN(C)C)Nc1cc(N)cc(F)c1. The Morgan fingerprint density at radius 2 is 1.94 bits per heavy atom. The molecule has 1 unspecified atom stereocenters. The molecule has 0 radical (unpaired) electrons. The van der Waals surface area contributed by atoms with E-state index >= 15 is 0 Å². The quantitative estimate of drug-likeness (QED) is 0.775. The van der Waals surface area contributed by atoms with E-state index in [0.717, 1.165) is 12.2 Å². The van der Waals surface area contributed by atoms with Gasteiger partial charge in [0.15, 0.2) is 0 Å². The number of nitrogen functional groups attached to an aromatic ring is 1. The second-order valence-corrected chi connectivity index (χ2v) is 5.03. The third-order valence-electron chi connectivity index (χ3n) is 2.64. The largest absolute Gasteiger partial charge is 0.399 e. The van der Waals surface area contributed by atoms with E-state index in [-0.39, 0.29) is 11.9 Å². The molecular formula is C13H22FN3. The Morgan fingerprint density at radius 3 is 2.41 bits per heavy atom. The number of benzene rings is 1. The highest BCUT2D eigenvalue weighted by molar-refractivity contribution is 5.55. The topological polar surface area (TPSA) is 41.3 Å². The zero-order chi connectivity index (χ0) is 13.0. The highest BCUT2D eigenvalue weighted by atomic mass is 19.1. The number of hydrogen-bond donors (Lipinski definition) is 2. The molecule has 3 nitrogen and oxygen atoms in total. The maximum atomic E-state index is 13.2. The molecular weight excluding hydrogens is 217 g/mol. The first kappa shape index (κ1) is 13.8. The minimum absolute atomic E-state index is 0.270. The van der Waals surface area contributed by atoms with Crippen LogP contribution in [0.4, 0.5) is 15.8 Å². The molecule has 0 bridgehead atoms. The first-order chi connectivity index (χ1) is 7.88. The molecule has 3 N–H and O–H groups in total.